The van der Waals surface area contributed by atoms with Crippen molar-refractivity contribution >= 4 is 0 Å². The van der Waals surface area contributed by atoms with Crippen molar-refractivity contribution in [3.05, 3.63) is 35.9 Å². The molecule has 5 rings (SSSR count). The molecule has 2 N–H and O–H groups in total. The van der Waals surface area contributed by atoms with E-state index < -0.39 is 5.60 Å². The van der Waals surface area contributed by atoms with Crippen LogP contribution in [0.5, 0.6) is 0 Å². The van der Waals surface area contributed by atoms with E-state index in [-0.39, 0.29) is 29.5 Å². The molecule has 4 aliphatic carbocycles. The van der Waals surface area contributed by atoms with Crippen molar-refractivity contribution in [2.45, 2.75) is 57.3 Å². The Balaban J connectivity index is 1.59. The number of rotatable bonds is 4. The third kappa shape index (κ3) is 1.52. The lowest BCUT2D eigenvalue weighted by Crippen LogP contribution is -2.75. The van der Waals surface area contributed by atoms with Crippen molar-refractivity contribution in [2.75, 3.05) is 6.61 Å². The third-order valence-corrected chi connectivity index (χ3v) is 7.19. The van der Waals surface area contributed by atoms with Crippen LogP contribution in [0.1, 0.15) is 44.6 Å². The molecule has 1 aromatic rings. The van der Waals surface area contributed by atoms with Gasteiger partial charge < -0.3 is 14.9 Å². The van der Waals surface area contributed by atoms with Crippen LogP contribution >= 0.6 is 0 Å². The number of fused-ring (bicyclic) bond motifs is 1. The summed E-state index contributed by atoms with van der Waals surface area (Å²) in [7, 11) is 0. The zero-order valence-electron chi connectivity index (χ0n) is 13.3. The molecular formula is C19H26O3. The highest BCUT2D eigenvalue weighted by Gasteiger charge is 2.84. The van der Waals surface area contributed by atoms with Gasteiger partial charge in [-0.2, -0.15) is 0 Å². The summed E-state index contributed by atoms with van der Waals surface area (Å²) in [4.78, 5) is 0. The SMILES string of the molecule is C[C@@]12CCCC[C@@]13[C@@H](OCc1ccccc1)C[C@@H]2[C@@]3(O)CO. The average molecular weight is 302 g/mol. The highest BCUT2D eigenvalue weighted by atomic mass is 16.5. The normalized spacial score (nSPS) is 46.1. The predicted octanol–water partition coefficient (Wildman–Crippen LogP) is 2.90. The van der Waals surface area contributed by atoms with E-state index in [9.17, 15) is 10.2 Å². The minimum Gasteiger partial charge on any atom is -0.393 e. The molecule has 5 atom stereocenters. The Kier molecular flexibility index (Phi) is 3.20. The van der Waals surface area contributed by atoms with Gasteiger partial charge in [-0.3, -0.25) is 0 Å². The van der Waals surface area contributed by atoms with Gasteiger partial charge in [-0.25, -0.2) is 0 Å². The Morgan fingerprint density at radius 1 is 1.18 bits per heavy atom. The summed E-state index contributed by atoms with van der Waals surface area (Å²) in [5.41, 5.74) is 0.146. The zero-order valence-corrected chi connectivity index (χ0v) is 13.3. The van der Waals surface area contributed by atoms with Crippen molar-refractivity contribution in [3.63, 3.8) is 0 Å². The first-order valence-electron chi connectivity index (χ1n) is 8.57. The molecule has 0 unspecified atom stereocenters. The van der Waals surface area contributed by atoms with Gasteiger partial charge in [-0.05, 0) is 36.2 Å². The average Bonchev–Trinajstić information content (AvgIpc) is 2.98. The molecule has 0 aromatic heterocycles. The number of hydrogen-bond acceptors (Lipinski definition) is 3. The molecular weight excluding hydrogens is 276 g/mol. The van der Waals surface area contributed by atoms with Crippen LogP contribution in [0, 0.1) is 16.7 Å². The summed E-state index contributed by atoms with van der Waals surface area (Å²) in [6.07, 6.45) is 5.47. The van der Waals surface area contributed by atoms with Gasteiger partial charge in [0.25, 0.3) is 0 Å². The Morgan fingerprint density at radius 3 is 2.64 bits per heavy atom. The molecule has 1 spiro atoms. The van der Waals surface area contributed by atoms with Crippen molar-refractivity contribution in [1.29, 1.82) is 0 Å². The van der Waals surface area contributed by atoms with Crippen molar-refractivity contribution in [1.82, 2.24) is 0 Å². The van der Waals surface area contributed by atoms with E-state index >= 15 is 0 Å². The fourth-order valence-corrected chi connectivity index (χ4v) is 6.27. The molecule has 0 heterocycles. The number of hydrogen-bond donors (Lipinski definition) is 2. The van der Waals surface area contributed by atoms with E-state index in [4.69, 9.17) is 4.74 Å². The smallest absolute Gasteiger partial charge is 0.0997 e. The second-order valence-corrected chi connectivity index (χ2v) is 7.75. The van der Waals surface area contributed by atoms with Crippen LogP contribution in [0.15, 0.2) is 30.3 Å². The van der Waals surface area contributed by atoms with Gasteiger partial charge in [0.15, 0.2) is 0 Å². The van der Waals surface area contributed by atoms with E-state index in [1.807, 2.05) is 18.2 Å². The van der Waals surface area contributed by atoms with Gasteiger partial charge in [0.1, 0.15) is 0 Å². The molecule has 3 nitrogen and oxygen atoms in total. The Bertz CT molecular complexity index is 547. The topological polar surface area (TPSA) is 49.7 Å². The summed E-state index contributed by atoms with van der Waals surface area (Å²) >= 11 is 0. The minimum atomic E-state index is -0.927. The summed E-state index contributed by atoms with van der Waals surface area (Å²) in [5, 5.41) is 21.0. The third-order valence-electron chi connectivity index (χ3n) is 7.19. The number of aliphatic hydroxyl groups excluding tert-OH is 1. The lowest BCUT2D eigenvalue weighted by Gasteiger charge is -2.70. The molecule has 0 saturated heterocycles. The largest absolute Gasteiger partial charge is 0.393 e. The van der Waals surface area contributed by atoms with Gasteiger partial charge in [0, 0.05) is 5.41 Å². The van der Waals surface area contributed by atoms with Crippen LogP contribution in [0.3, 0.4) is 0 Å². The Hall–Kier alpha value is -0.900. The molecule has 0 amide bonds. The molecule has 1 aromatic carbocycles. The van der Waals surface area contributed by atoms with Gasteiger partial charge in [0.05, 0.1) is 24.9 Å². The summed E-state index contributed by atoms with van der Waals surface area (Å²) < 4.78 is 6.29. The van der Waals surface area contributed by atoms with Crippen LogP contribution in [0.4, 0.5) is 0 Å². The lowest BCUT2D eigenvalue weighted by atomic mass is 9.37. The minimum absolute atomic E-state index is 0.0696. The van der Waals surface area contributed by atoms with Crippen LogP contribution in [0.25, 0.3) is 0 Å². The monoisotopic (exact) mass is 302 g/mol. The lowest BCUT2D eigenvalue weighted by molar-refractivity contribution is -0.318. The highest BCUT2D eigenvalue weighted by Crippen LogP contribution is 2.80. The molecule has 4 fully saturated rings. The zero-order chi connectivity index (χ0) is 15.4. The molecule has 2 bridgehead atoms. The second kappa shape index (κ2) is 4.80. The van der Waals surface area contributed by atoms with E-state index in [2.05, 4.69) is 19.1 Å². The van der Waals surface area contributed by atoms with E-state index in [1.54, 1.807) is 0 Å². The maximum absolute atomic E-state index is 11.1. The molecule has 4 saturated carbocycles. The van der Waals surface area contributed by atoms with Gasteiger partial charge in [-0.1, -0.05) is 50.1 Å². The first kappa shape index (κ1) is 14.7. The number of aliphatic hydroxyl groups is 2. The fraction of sp³-hybridized carbons (Fsp3) is 0.684. The van der Waals surface area contributed by atoms with Gasteiger partial charge in [-0.15, -0.1) is 0 Å². The maximum Gasteiger partial charge on any atom is 0.0997 e. The standard InChI is InChI=1S/C19H26O3/c1-17-9-5-6-10-18(17)16(11-15(17)19(18,21)13-20)22-12-14-7-3-2-4-8-14/h2-4,7-8,15-16,20-21H,5-6,9-13H2,1H3/t15-,16-,17-,18+,19-/m0/s1. The first-order valence-corrected chi connectivity index (χ1v) is 8.57. The van der Waals surface area contributed by atoms with Crippen molar-refractivity contribution < 1.29 is 14.9 Å². The maximum atomic E-state index is 11.1. The molecule has 4 aliphatic rings. The van der Waals surface area contributed by atoms with E-state index in [0.29, 0.717) is 6.61 Å². The van der Waals surface area contributed by atoms with Crippen LogP contribution in [-0.4, -0.2) is 28.5 Å². The molecule has 0 radical (unpaired) electrons. The molecule has 120 valence electrons. The van der Waals surface area contributed by atoms with E-state index in [1.165, 1.54) is 12.0 Å². The van der Waals surface area contributed by atoms with Gasteiger partial charge in [0.2, 0.25) is 0 Å². The van der Waals surface area contributed by atoms with Crippen molar-refractivity contribution in [2.24, 2.45) is 16.7 Å². The predicted molar refractivity (Wildman–Crippen MR) is 84.2 cm³/mol. The Labute approximate surface area is 132 Å². The number of ether oxygens (including phenoxy) is 1. The molecule has 0 aliphatic heterocycles. The Morgan fingerprint density at radius 2 is 1.91 bits per heavy atom. The van der Waals surface area contributed by atoms with Crippen LogP contribution < -0.4 is 0 Å². The quantitative estimate of drug-likeness (QED) is 0.899. The fourth-order valence-electron chi connectivity index (χ4n) is 6.27. The first-order chi connectivity index (χ1) is 10.6. The van der Waals surface area contributed by atoms with E-state index in [0.717, 1.165) is 25.7 Å². The second-order valence-electron chi connectivity index (χ2n) is 7.75. The molecule has 3 heteroatoms. The highest BCUT2D eigenvalue weighted by molar-refractivity contribution is 5.33. The number of benzene rings is 1. The molecule has 22 heavy (non-hydrogen) atoms. The van der Waals surface area contributed by atoms with Crippen LogP contribution in [0.2, 0.25) is 0 Å². The summed E-state index contributed by atoms with van der Waals surface area (Å²) in [6, 6.07) is 10.2. The van der Waals surface area contributed by atoms with Crippen LogP contribution in [-0.2, 0) is 11.3 Å². The van der Waals surface area contributed by atoms with Gasteiger partial charge >= 0.3 is 0 Å². The summed E-state index contributed by atoms with van der Waals surface area (Å²) in [5.74, 6) is 0.186. The summed E-state index contributed by atoms with van der Waals surface area (Å²) in [6.45, 7) is 2.78. The van der Waals surface area contributed by atoms with Crippen molar-refractivity contribution in [3.8, 4) is 0 Å².